The van der Waals surface area contributed by atoms with Gasteiger partial charge in [0.05, 0.1) is 12.8 Å². The van der Waals surface area contributed by atoms with E-state index >= 15 is 0 Å². The summed E-state index contributed by atoms with van der Waals surface area (Å²) in [7, 11) is 1.66. The van der Waals surface area contributed by atoms with Crippen LogP contribution in [-0.4, -0.2) is 25.0 Å². The molecule has 4 nitrogen and oxygen atoms in total. The molecular formula is C28H25NO3. The van der Waals surface area contributed by atoms with Crippen LogP contribution in [0.3, 0.4) is 0 Å². The molecular weight excluding hydrogens is 398 g/mol. The molecule has 0 N–H and O–H groups in total. The maximum absolute atomic E-state index is 13.8. The number of ether oxygens (including phenoxy) is 1. The number of ketones is 1. The lowest BCUT2D eigenvalue weighted by molar-refractivity contribution is 0.0885. The second kappa shape index (κ2) is 8.48. The summed E-state index contributed by atoms with van der Waals surface area (Å²) in [6, 6.07) is 25.1. The van der Waals surface area contributed by atoms with E-state index < -0.39 is 6.04 Å². The molecule has 3 atom stereocenters. The number of Topliss-reactive ketones (excluding diaryl/α,β-unsaturated/α-hetero) is 1. The number of allylic oxidation sites excluding steroid dienone is 1. The summed E-state index contributed by atoms with van der Waals surface area (Å²) in [5, 5.41) is 1.79. The lowest BCUT2D eigenvalue weighted by Gasteiger charge is -2.26. The number of hydrogen-bond donors (Lipinski definition) is 0. The van der Waals surface area contributed by atoms with Crippen molar-refractivity contribution in [2.75, 3.05) is 12.2 Å². The zero-order valence-corrected chi connectivity index (χ0v) is 18.1. The van der Waals surface area contributed by atoms with Gasteiger partial charge in [0.15, 0.2) is 5.78 Å². The van der Waals surface area contributed by atoms with Gasteiger partial charge in [-0.1, -0.05) is 78.4 Å². The Labute approximate surface area is 188 Å². The molecule has 1 fully saturated rings. The lowest BCUT2D eigenvalue weighted by Crippen LogP contribution is -2.40. The zero-order valence-electron chi connectivity index (χ0n) is 18.1. The average Bonchev–Trinajstić information content (AvgIpc) is 3.40. The van der Waals surface area contributed by atoms with E-state index in [0.717, 1.165) is 28.1 Å². The minimum atomic E-state index is -0.454. The molecule has 160 valence electrons. The van der Waals surface area contributed by atoms with Crippen LogP contribution in [0.15, 0.2) is 96.6 Å². The summed E-state index contributed by atoms with van der Waals surface area (Å²) in [5.41, 5.74) is 4.85. The van der Waals surface area contributed by atoms with Gasteiger partial charge in [0.25, 0.3) is 0 Å². The van der Waals surface area contributed by atoms with Gasteiger partial charge in [0.1, 0.15) is 17.9 Å². The SMILES string of the molecule is COc1ccc(/C=C2/C=C[C@H]3ON(c4ccccc4)[C@H](C(=O)c4ccc(C)cc4)[C@@H]23)cc1. The molecule has 0 bridgehead atoms. The van der Waals surface area contributed by atoms with Crippen molar-refractivity contribution >= 4 is 17.5 Å². The van der Waals surface area contributed by atoms with Gasteiger partial charge in [-0.25, -0.2) is 5.06 Å². The topological polar surface area (TPSA) is 38.8 Å². The van der Waals surface area contributed by atoms with Crippen molar-refractivity contribution < 1.29 is 14.4 Å². The molecule has 32 heavy (non-hydrogen) atoms. The van der Waals surface area contributed by atoms with E-state index in [-0.39, 0.29) is 17.8 Å². The Morgan fingerprint density at radius 3 is 2.38 bits per heavy atom. The number of anilines is 1. The summed E-state index contributed by atoms with van der Waals surface area (Å²) in [6.45, 7) is 2.02. The fourth-order valence-corrected chi connectivity index (χ4v) is 4.42. The number of hydroxylamine groups is 1. The fraction of sp³-hybridized carbons (Fsp3) is 0.179. The highest BCUT2D eigenvalue weighted by atomic mass is 16.7. The van der Waals surface area contributed by atoms with Crippen LogP contribution in [-0.2, 0) is 4.84 Å². The first-order valence-corrected chi connectivity index (χ1v) is 10.8. The zero-order chi connectivity index (χ0) is 22.1. The van der Waals surface area contributed by atoms with E-state index in [0.29, 0.717) is 5.56 Å². The van der Waals surface area contributed by atoms with Crippen molar-refractivity contribution in [3.8, 4) is 5.75 Å². The minimum absolute atomic E-state index is 0.0608. The highest BCUT2D eigenvalue weighted by Crippen LogP contribution is 2.43. The predicted molar refractivity (Wildman–Crippen MR) is 127 cm³/mol. The van der Waals surface area contributed by atoms with E-state index in [4.69, 9.17) is 9.57 Å². The molecule has 1 aliphatic heterocycles. The van der Waals surface area contributed by atoms with E-state index in [1.165, 1.54) is 0 Å². The molecule has 4 heteroatoms. The van der Waals surface area contributed by atoms with Crippen molar-refractivity contribution in [2.24, 2.45) is 5.92 Å². The number of benzene rings is 3. The fourth-order valence-electron chi connectivity index (χ4n) is 4.42. The minimum Gasteiger partial charge on any atom is -0.497 e. The normalized spacial score (nSPS) is 22.9. The van der Waals surface area contributed by atoms with E-state index in [1.54, 1.807) is 12.2 Å². The van der Waals surface area contributed by atoms with Crippen molar-refractivity contribution in [2.45, 2.75) is 19.1 Å². The number of nitrogens with zero attached hydrogens (tertiary/aromatic N) is 1. The molecule has 0 saturated carbocycles. The highest BCUT2D eigenvalue weighted by Gasteiger charge is 2.50. The van der Waals surface area contributed by atoms with Crippen LogP contribution in [0.2, 0.25) is 0 Å². The Bertz CT molecular complexity index is 1160. The smallest absolute Gasteiger partial charge is 0.188 e. The quantitative estimate of drug-likeness (QED) is 0.498. The maximum atomic E-state index is 13.8. The van der Waals surface area contributed by atoms with Crippen molar-refractivity contribution in [1.29, 1.82) is 0 Å². The molecule has 0 amide bonds. The van der Waals surface area contributed by atoms with Gasteiger partial charge in [0, 0.05) is 11.5 Å². The Hall–Kier alpha value is -3.63. The first-order valence-electron chi connectivity index (χ1n) is 10.8. The largest absolute Gasteiger partial charge is 0.497 e. The van der Waals surface area contributed by atoms with Crippen molar-refractivity contribution in [1.82, 2.24) is 0 Å². The Morgan fingerprint density at radius 2 is 1.69 bits per heavy atom. The third-order valence-electron chi connectivity index (χ3n) is 6.11. The molecule has 1 heterocycles. The summed E-state index contributed by atoms with van der Waals surface area (Å²) in [4.78, 5) is 20.1. The van der Waals surface area contributed by atoms with E-state index in [9.17, 15) is 4.79 Å². The first kappa shape index (κ1) is 20.3. The van der Waals surface area contributed by atoms with Gasteiger partial charge in [-0.2, -0.15) is 0 Å². The molecule has 1 saturated heterocycles. The monoisotopic (exact) mass is 423 g/mol. The number of fused-ring (bicyclic) bond motifs is 1. The van der Waals surface area contributed by atoms with Crippen LogP contribution >= 0.6 is 0 Å². The second-order valence-corrected chi connectivity index (χ2v) is 8.21. The Kier molecular flexibility index (Phi) is 5.38. The van der Waals surface area contributed by atoms with Crippen LogP contribution in [0.5, 0.6) is 5.75 Å². The average molecular weight is 424 g/mol. The number of carbonyl (C=O) groups is 1. The Balaban J connectivity index is 1.54. The molecule has 3 aromatic carbocycles. The number of aryl methyl sites for hydroxylation is 1. The molecule has 0 unspecified atom stereocenters. The number of para-hydroxylation sites is 1. The third-order valence-corrected chi connectivity index (χ3v) is 6.11. The van der Waals surface area contributed by atoms with Gasteiger partial charge in [-0.3, -0.25) is 9.63 Å². The summed E-state index contributed by atoms with van der Waals surface area (Å²) in [6.07, 6.45) is 6.09. The molecule has 3 aromatic rings. The summed E-state index contributed by atoms with van der Waals surface area (Å²) < 4.78 is 5.27. The first-order chi connectivity index (χ1) is 15.6. The number of rotatable bonds is 5. The summed E-state index contributed by atoms with van der Waals surface area (Å²) >= 11 is 0. The second-order valence-electron chi connectivity index (χ2n) is 8.21. The lowest BCUT2D eigenvalue weighted by atomic mass is 9.86. The molecule has 5 rings (SSSR count). The van der Waals surface area contributed by atoms with E-state index in [2.05, 4.69) is 18.2 Å². The maximum Gasteiger partial charge on any atom is 0.188 e. The predicted octanol–water partition coefficient (Wildman–Crippen LogP) is 5.64. The number of hydrogen-bond acceptors (Lipinski definition) is 4. The van der Waals surface area contributed by atoms with Crippen LogP contribution < -0.4 is 9.80 Å². The van der Waals surface area contributed by atoms with Crippen molar-refractivity contribution in [3.05, 3.63) is 113 Å². The standard InChI is InChI=1S/C28H25NO3/c1-19-8-12-21(13-9-19)28(30)27-26-22(18-20-10-15-24(31-2)16-11-20)14-17-25(26)32-29(27)23-6-4-3-5-7-23/h3-18,25-27H,1-2H3/b22-18-/t25-,26+,27+/m1/s1. The van der Waals surface area contributed by atoms with Gasteiger partial charge in [-0.15, -0.1) is 0 Å². The molecule has 0 aromatic heterocycles. The van der Waals surface area contributed by atoms with Gasteiger partial charge < -0.3 is 4.74 Å². The van der Waals surface area contributed by atoms with Gasteiger partial charge in [0.2, 0.25) is 0 Å². The third kappa shape index (κ3) is 3.74. The van der Waals surface area contributed by atoms with Crippen molar-refractivity contribution in [3.63, 3.8) is 0 Å². The molecule has 0 spiro atoms. The van der Waals surface area contributed by atoms with Gasteiger partial charge in [-0.05, 0) is 42.3 Å². The van der Waals surface area contributed by atoms with Crippen LogP contribution in [0, 0.1) is 12.8 Å². The Morgan fingerprint density at radius 1 is 0.969 bits per heavy atom. The van der Waals surface area contributed by atoms with Crippen LogP contribution in [0.1, 0.15) is 21.5 Å². The summed E-state index contributed by atoms with van der Waals surface area (Å²) in [5.74, 6) is 0.788. The molecule has 0 radical (unpaired) electrons. The number of methoxy groups -OCH3 is 1. The van der Waals surface area contributed by atoms with Crippen LogP contribution in [0.25, 0.3) is 6.08 Å². The van der Waals surface area contributed by atoms with E-state index in [1.807, 2.05) is 85.8 Å². The highest BCUT2D eigenvalue weighted by molar-refractivity contribution is 6.03. The molecule has 2 aliphatic rings. The van der Waals surface area contributed by atoms with Gasteiger partial charge >= 0.3 is 0 Å². The molecule has 1 aliphatic carbocycles. The number of carbonyl (C=O) groups excluding carboxylic acids is 1. The van der Waals surface area contributed by atoms with Crippen LogP contribution in [0.4, 0.5) is 5.69 Å².